The van der Waals surface area contributed by atoms with Crippen LogP contribution in [0.5, 0.6) is 0 Å². The number of amides is 1. The van der Waals surface area contributed by atoms with E-state index in [0.717, 1.165) is 25.9 Å². The fourth-order valence-electron chi connectivity index (χ4n) is 1.15. The van der Waals surface area contributed by atoms with Crippen molar-refractivity contribution in [2.24, 2.45) is 0 Å². The molecule has 0 heterocycles. The van der Waals surface area contributed by atoms with Crippen LogP contribution in [0, 0.1) is 0 Å². The first-order valence-corrected chi connectivity index (χ1v) is 5.94. The molecule has 84 valence electrons. The van der Waals surface area contributed by atoms with Gasteiger partial charge in [-0.25, -0.2) is 0 Å². The molecule has 0 aromatic rings. The van der Waals surface area contributed by atoms with Crippen LogP contribution in [0.1, 0.15) is 19.8 Å². The maximum atomic E-state index is 11.6. The molecule has 0 aliphatic heterocycles. The van der Waals surface area contributed by atoms with Gasteiger partial charge in [0.25, 0.3) is 0 Å². The molecule has 0 bridgehead atoms. The molecule has 0 spiro atoms. The van der Waals surface area contributed by atoms with Crippen molar-refractivity contribution < 1.29 is 4.79 Å². The summed E-state index contributed by atoms with van der Waals surface area (Å²) in [6, 6.07) is 0. The van der Waals surface area contributed by atoms with Crippen molar-refractivity contribution in [1.82, 2.24) is 9.80 Å². The molecule has 0 rings (SSSR count). The summed E-state index contributed by atoms with van der Waals surface area (Å²) in [5.41, 5.74) is 0. The predicted octanol–water partition coefficient (Wildman–Crippen LogP) is 1.57. The molecular formula is C10H21BrN2O. The first-order chi connectivity index (χ1) is 6.49. The molecule has 0 aromatic carbocycles. The van der Waals surface area contributed by atoms with Crippen molar-refractivity contribution >= 4 is 21.8 Å². The normalized spacial score (nSPS) is 13.0. The Kier molecular flexibility index (Phi) is 7.19. The maximum Gasteiger partial charge on any atom is 0.236 e. The number of carbonyl (C=O) groups excluding carboxylic acids is 1. The highest BCUT2D eigenvalue weighted by Gasteiger charge is 2.16. The van der Waals surface area contributed by atoms with E-state index in [1.807, 2.05) is 28.1 Å². The molecule has 0 saturated heterocycles. The molecule has 0 fully saturated rings. The van der Waals surface area contributed by atoms with Gasteiger partial charge in [-0.15, -0.1) is 0 Å². The number of alkyl halides is 1. The molecule has 14 heavy (non-hydrogen) atoms. The number of carbonyl (C=O) groups is 1. The number of hydrogen-bond acceptors (Lipinski definition) is 2. The largest absolute Gasteiger partial charge is 0.345 e. The Hall–Kier alpha value is -0.0900. The Balaban J connectivity index is 3.73. The van der Waals surface area contributed by atoms with Crippen LogP contribution in [-0.4, -0.2) is 54.8 Å². The van der Waals surface area contributed by atoms with Gasteiger partial charge in [0, 0.05) is 13.6 Å². The van der Waals surface area contributed by atoms with Crippen LogP contribution in [0.25, 0.3) is 0 Å². The third-order valence-electron chi connectivity index (χ3n) is 2.10. The van der Waals surface area contributed by atoms with Crippen molar-refractivity contribution in [3.8, 4) is 0 Å². The maximum absolute atomic E-state index is 11.6. The summed E-state index contributed by atoms with van der Waals surface area (Å²) in [5, 5.41) is 0. The molecule has 0 radical (unpaired) electrons. The highest BCUT2D eigenvalue weighted by molar-refractivity contribution is 9.10. The second-order valence-corrected chi connectivity index (χ2v) is 4.90. The van der Waals surface area contributed by atoms with E-state index in [2.05, 4.69) is 20.8 Å². The molecule has 3 nitrogen and oxygen atoms in total. The van der Waals surface area contributed by atoms with E-state index in [1.54, 1.807) is 4.90 Å². The van der Waals surface area contributed by atoms with E-state index in [4.69, 9.17) is 0 Å². The zero-order chi connectivity index (χ0) is 11.1. The van der Waals surface area contributed by atoms with Gasteiger partial charge in [-0.1, -0.05) is 22.9 Å². The van der Waals surface area contributed by atoms with Gasteiger partial charge >= 0.3 is 0 Å². The number of rotatable bonds is 6. The average molecular weight is 265 g/mol. The minimum absolute atomic E-state index is 0.0214. The van der Waals surface area contributed by atoms with Crippen LogP contribution in [0.2, 0.25) is 0 Å². The van der Waals surface area contributed by atoms with E-state index in [-0.39, 0.29) is 10.7 Å². The van der Waals surface area contributed by atoms with Gasteiger partial charge in [-0.3, -0.25) is 4.79 Å². The second kappa shape index (κ2) is 7.23. The van der Waals surface area contributed by atoms with E-state index < -0.39 is 0 Å². The zero-order valence-electron chi connectivity index (χ0n) is 9.59. The van der Waals surface area contributed by atoms with Crippen LogP contribution in [0.3, 0.4) is 0 Å². The Morgan fingerprint density at radius 3 is 2.29 bits per heavy atom. The highest BCUT2D eigenvalue weighted by Crippen LogP contribution is 2.08. The zero-order valence-corrected chi connectivity index (χ0v) is 11.2. The van der Waals surface area contributed by atoms with Gasteiger partial charge in [0.1, 0.15) is 0 Å². The molecule has 1 atom stereocenters. The number of hydrogen-bond donors (Lipinski definition) is 0. The lowest BCUT2D eigenvalue weighted by Crippen LogP contribution is -2.34. The summed E-state index contributed by atoms with van der Waals surface area (Å²) >= 11 is 3.36. The van der Waals surface area contributed by atoms with Gasteiger partial charge in [0.15, 0.2) is 0 Å². The van der Waals surface area contributed by atoms with Gasteiger partial charge < -0.3 is 9.80 Å². The van der Waals surface area contributed by atoms with Crippen LogP contribution in [-0.2, 0) is 4.79 Å². The van der Waals surface area contributed by atoms with Crippen molar-refractivity contribution in [3.63, 3.8) is 0 Å². The molecule has 0 aromatic heterocycles. The summed E-state index contributed by atoms with van der Waals surface area (Å²) in [7, 11) is 5.95. The summed E-state index contributed by atoms with van der Waals surface area (Å²) in [4.78, 5) is 15.5. The van der Waals surface area contributed by atoms with E-state index >= 15 is 0 Å². The monoisotopic (exact) mass is 264 g/mol. The molecule has 0 saturated carbocycles. The molecule has 1 unspecified atom stereocenters. The number of halogens is 1. The lowest BCUT2D eigenvalue weighted by molar-refractivity contribution is -0.129. The lowest BCUT2D eigenvalue weighted by atomic mass is 10.3. The highest BCUT2D eigenvalue weighted by atomic mass is 79.9. The molecule has 0 aliphatic carbocycles. The summed E-state index contributed by atoms with van der Waals surface area (Å²) < 4.78 is 0. The van der Waals surface area contributed by atoms with Crippen LogP contribution >= 0.6 is 15.9 Å². The minimum Gasteiger partial charge on any atom is -0.345 e. The van der Waals surface area contributed by atoms with Crippen LogP contribution in [0.15, 0.2) is 0 Å². The van der Waals surface area contributed by atoms with E-state index in [1.165, 1.54) is 0 Å². The van der Waals surface area contributed by atoms with E-state index in [9.17, 15) is 4.79 Å². The summed E-state index contributed by atoms with van der Waals surface area (Å²) in [5.74, 6) is 0.186. The molecule has 0 aliphatic rings. The smallest absolute Gasteiger partial charge is 0.236 e. The Morgan fingerprint density at radius 1 is 1.29 bits per heavy atom. The predicted molar refractivity (Wildman–Crippen MR) is 63.8 cm³/mol. The van der Waals surface area contributed by atoms with Gasteiger partial charge in [-0.05, 0) is 33.5 Å². The standard InChI is InChI=1S/C10H21BrN2O/c1-5-9(11)10(14)13(4)8-6-7-12(2)3/h9H,5-8H2,1-4H3. The topological polar surface area (TPSA) is 23.6 Å². The third kappa shape index (κ3) is 5.60. The van der Waals surface area contributed by atoms with Crippen molar-refractivity contribution in [2.75, 3.05) is 34.2 Å². The van der Waals surface area contributed by atoms with Gasteiger partial charge in [-0.2, -0.15) is 0 Å². The quantitative estimate of drug-likeness (QED) is 0.681. The lowest BCUT2D eigenvalue weighted by Gasteiger charge is -2.20. The summed E-state index contributed by atoms with van der Waals surface area (Å²) in [6.45, 7) is 3.86. The Labute approximate surface area is 95.6 Å². The Bertz CT molecular complexity index is 174. The first-order valence-electron chi connectivity index (χ1n) is 5.02. The molecule has 0 N–H and O–H groups in total. The van der Waals surface area contributed by atoms with Crippen LogP contribution < -0.4 is 0 Å². The molecule has 4 heteroatoms. The van der Waals surface area contributed by atoms with Crippen LogP contribution in [0.4, 0.5) is 0 Å². The molecule has 1 amide bonds. The fourth-order valence-corrected chi connectivity index (χ4v) is 1.50. The SMILES string of the molecule is CCC(Br)C(=O)N(C)CCCN(C)C. The number of nitrogens with zero attached hydrogens (tertiary/aromatic N) is 2. The van der Waals surface area contributed by atoms with E-state index in [0.29, 0.717) is 0 Å². The fraction of sp³-hybridized carbons (Fsp3) is 0.900. The van der Waals surface area contributed by atoms with Gasteiger partial charge in [0.05, 0.1) is 4.83 Å². The molecular weight excluding hydrogens is 244 g/mol. The van der Waals surface area contributed by atoms with Gasteiger partial charge in [0.2, 0.25) is 5.91 Å². The second-order valence-electron chi connectivity index (χ2n) is 3.79. The minimum atomic E-state index is -0.0214. The van der Waals surface area contributed by atoms with Crippen molar-refractivity contribution in [3.05, 3.63) is 0 Å². The first kappa shape index (κ1) is 13.9. The van der Waals surface area contributed by atoms with Crippen molar-refractivity contribution in [1.29, 1.82) is 0 Å². The van der Waals surface area contributed by atoms with Crippen molar-refractivity contribution in [2.45, 2.75) is 24.6 Å². The Morgan fingerprint density at radius 2 is 1.86 bits per heavy atom. The summed E-state index contributed by atoms with van der Waals surface area (Å²) in [6.07, 6.45) is 1.87. The average Bonchev–Trinajstić information content (AvgIpc) is 2.14. The third-order valence-corrected chi connectivity index (χ3v) is 3.14.